The van der Waals surface area contributed by atoms with Crippen LogP contribution in [0.4, 0.5) is 5.69 Å². The molecule has 0 fully saturated rings. The topological polar surface area (TPSA) is 12.5 Å². The van der Waals surface area contributed by atoms with Gasteiger partial charge in [0.05, 0.1) is 12.1 Å². The third-order valence-corrected chi connectivity index (χ3v) is 3.08. The van der Waals surface area contributed by atoms with Crippen LogP contribution in [-0.2, 0) is 0 Å². The third kappa shape index (κ3) is 2.59. The SMILES string of the molecule is COc1cc[c]c(-c2ccc(N(C)C)cc2Cl)c1. The molecule has 2 nitrogen and oxygen atoms in total. The van der Waals surface area contributed by atoms with E-state index >= 15 is 0 Å². The zero-order chi connectivity index (χ0) is 13.1. The van der Waals surface area contributed by atoms with Gasteiger partial charge in [-0.05, 0) is 35.9 Å². The van der Waals surface area contributed by atoms with Crippen molar-refractivity contribution in [3.05, 3.63) is 47.5 Å². The summed E-state index contributed by atoms with van der Waals surface area (Å²) in [7, 11) is 5.63. The number of hydrogen-bond donors (Lipinski definition) is 0. The van der Waals surface area contributed by atoms with Crippen LogP contribution in [0.2, 0.25) is 5.02 Å². The van der Waals surface area contributed by atoms with Crippen LogP contribution in [-0.4, -0.2) is 21.2 Å². The van der Waals surface area contributed by atoms with Crippen LogP contribution in [0.25, 0.3) is 11.1 Å². The van der Waals surface area contributed by atoms with Gasteiger partial charge >= 0.3 is 0 Å². The van der Waals surface area contributed by atoms with Crippen molar-refractivity contribution >= 4 is 17.3 Å². The molecule has 0 amide bonds. The summed E-state index contributed by atoms with van der Waals surface area (Å²) in [6.07, 6.45) is 0. The summed E-state index contributed by atoms with van der Waals surface area (Å²) in [6, 6.07) is 14.8. The summed E-state index contributed by atoms with van der Waals surface area (Å²) in [6.45, 7) is 0. The van der Waals surface area contributed by atoms with Crippen LogP contribution in [0.1, 0.15) is 0 Å². The number of nitrogens with zero attached hydrogens (tertiary/aromatic N) is 1. The van der Waals surface area contributed by atoms with Crippen molar-refractivity contribution in [3.8, 4) is 16.9 Å². The molecule has 0 spiro atoms. The van der Waals surface area contributed by atoms with Gasteiger partial charge in [-0.3, -0.25) is 0 Å². The molecule has 2 rings (SSSR count). The molecule has 18 heavy (non-hydrogen) atoms. The fraction of sp³-hybridized carbons (Fsp3) is 0.200. The Bertz CT molecular complexity index is 552. The second kappa shape index (κ2) is 5.32. The minimum Gasteiger partial charge on any atom is -0.497 e. The van der Waals surface area contributed by atoms with Crippen LogP contribution in [0.15, 0.2) is 36.4 Å². The molecule has 0 heterocycles. The highest BCUT2D eigenvalue weighted by Crippen LogP contribution is 2.32. The maximum Gasteiger partial charge on any atom is 0.119 e. The summed E-state index contributed by atoms with van der Waals surface area (Å²) < 4.78 is 5.21. The number of rotatable bonds is 3. The average molecular weight is 261 g/mol. The van der Waals surface area contributed by atoms with Gasteiger partial charge in [-0.15, -0.1) is 0 Å². The first-order valence-electron chi connectivity index (χ1n) is 5.65. The molecule has 0 saturated carbocycles. The van der Waals surface area contributed by atoms with Crippen LogP contribution in [0.3, 0.4) is 0 Å². The molecular weight excluding hydrogens is 246 g/mol. The van der Waals surface area contributed by atoms with E-state index in [9.17, 15) is 0 Å². The van der Waals surface area contributed by atoms with Gasteiger partial charge in [-0.25, -0.2) is 0 Å². The second-order valence-electron chi connectivity index (χ2n) is 4.20. The Morgan fingerprint density at radius 1 is 1.17 bits per heavy atom. The molecule has 93 valence electrons. The normalized spacial score (nSPS) is 10.2. The Morgan fingerprint density at radius 3 is 2.56 bits per heavy atom. The van der Waals surface area contributed by atoms with E-state index in [0.29, 0.717) is 5.02 Å². The minimum absolute atomic E-state index is 0.714. The largest absolute Gasteiger partial charge is 0.497 e. The van der Waals surface area contributed by atoms with Gasteiger partial charge in [0.2, 0.25) is 0 Å². The van der Waals surface area contributed by atoms with E-state index in [2.05, 4.69) is 6.07 Å². The fourth-order valence-electron chi connectivity index (χ4n) is 1.73. The van der Waals surface area contributed by atoms with Crippen LogP contribution in [0.5, 0.6) is 5.75 Å². The highest BCUT2D eigenvalue weighted by molar-refractivity contribution is 6.33. The van der Waals surface area contributed by atoms with Gasteiger partial charge in [0.1, 0.15) is 5.75 Å². The predicted octanol–water partition coefficient (Wildman–Crippen LogP) is 3.88. The van der Waals surface area contributed by atoms with Gasteiger partial charge in [-0.2, -0.15) is 0 Å². The van der Waals surface area contributed by atoms with Crippen molar-refractivity contribution in [1.29, 1.82) is 0 Å². The Labute approximate surface area is 113 Å². The highest BCUT2D eigenvalue weighted by atomic mass is 35.5. The maximum atomic E-state index is 6.32. The summed E-state index contributed by atoms with van der Waals surface area (Å²) >= 11 is 6.32. The third-order valence-electron chi connectivity index (χ3n) is 2.77. The second-order valence-corrected chi connectivity index (χ2v) is 4.61. The molecular formula is C15H15ClNO. The first-order valence-corrected chi connectivity index (χ1v) is 6.02. The first kappa shape index (κ1) is 12.8. The lowest BCUT2D eigenvalue weighted by Gasteiger charge is -2.14. The smallest absolute Gasteiger partial charge is 0.119 e. The molecule has 0 atom stereocenters. The van der Waals surface area contributed by atoms with Crippen molar-refractivity contribution in [2.45, 2.75) is 0 Å². The number of ether oxygens (including phenoxy) is 1. The van der Waals surface area contributed by atoms with Crippen molar-refractivity contribution in [2.75, 3.05) is 26.1 Å². The van der Waals surface area contributed by atoms with Crippen molar-refractivity contribution in [1.82, 2.24) is 0 Å². The lowest BCUT2D eigenvalue weighted by atomic mass is 10.0. The van der Waals surface area contributed by atoms with E-state index < -0.39 is 0 Å². The molecule has 0 unspecified atom stereocenters. The number of benzene rings is 2. The molecule has 3 heteroatoms. The van der Waals surface area contributed by atoms with E-state index in [1.807, 2.05) is 55.4 Å². The zero-order valence-corrected chi connectivity index (χ0v) is 11.5. The molecule has 0 aliphatic rings. The highest BCUT2D eigenvalue weighted by Gasteiger charge is 2.06. The Kier molecular flexibility index (Phi) is 3.78. The summed E-state index contributed by atoms with van der Waals surface area (Å²) in [5, 5.41) is 0.714. The standard InChI is InChI=1S/C15H15ClNO/c1-17(2)12-7-8-14(15(16)10-12)11-5-4-6-13(9-11)18-3/h4,6-10H,1-3H3. The quantitative estimate of drug-likeness (QED) is 0.830. The Balaban J connectivity index is 2.44. The summed E-state index contributed by atoms with van der Waals surface area (Å²) in [4.78, 5) is 2.02. The molecule has 0 saturated heterocycles. The van der Waals surface area contributed by atoms with Crippen LogP contribution < -0.4 is 9.64 Å². The van der Waals surface area contributed by atoms with Gasteiger partial charge in [0.25, 0.3) is 0 Å². The lowest BCUT2D eigenvalue weighted by molar-refractivity contribution is 0.415. The monoisotopic (exact) mass is 260 g/mol. The van der Waals surface area contributed by atoms with Crippen LogP contribution in [0, 0.1) is 6.07 Å². The lowest BCUT2D eigenvalue weighted by Crippen LogP contribution is -2.08. The van der Waals surface area contributed by atoms with E-state index in [1.54, 1.807) is 7.11 Å². The number of anilines is 1. The molecule has 0 bridgehead atoms. The molecule has 0 N–H and O–H groups in total. The van der Waals surface area contributed by atoms with Gasteiger partial charge in [-0.1, -0.05) is 23.7 Å². The number of halogens is 1. The molecule has 2 aromatic carbocycles. The molecule has 0 aliphatic heterocycles. The molecule has 0 aromatic heterocycles. The maximum absolute atomic E-state index is 6.32. The minimum atomic E-state index is 0.714. The number of hydrogen-bond acceptors (Lipinski definition) is 2. The van der Waals surface area contributed by atoms with Gasteiger partial charge < -0.3 is 9.64 Å². The molecule has 0 aliphatic carbocycles. The number of methoxy groups -OCH3 is 1. The summed E-state index contributed by atoms with van der Waals surface area (Å²) in [5.41, 5.74) is 2.97. The van der Waals surface area contributed by atoms with E-state index in [1.165, 1.54) is 0 Å². The van der Waals surface area contributed by atoms with E-state index in [0.717, 1.165) is 22.6 Å². The summed E-state index contributed by atoms with van der Waals surface area (Å²) in [5.74, 6) is 0.802. The first-order chi connectivity index (χ1) is 8.61. The average Bonchev–Trinajstić information content (AvgIpc) is 2.38. The fourth-order valence-corrected chi connectivity index (χ4v) is 2.01. The molecule has 1 radical (unpaired) electrons. The zero-order valence-electron chi connectivity index (χ0n) is 10.7. The van der Waals surface area contributed by atoms with Crippen LogP contribution >= 0.6 is 11.6 Å². The Morgan fingerprint density at radius 2 is 1.94 bits per heavy atom. The Hall–Kier alpha value is -1.67. The predicted molar refractivity (Wildman–Crippen MR) is 76.6 cm³/mol. The van der Waals surface area contributed by atoms with Gasteiger partial charge in [0.15, 0.2) is 0 Å². The van der Waals surface area contributed by atoms with E-state index in [-0.39, 0.29) is 0 Å². The van der Waals surface area contributed by atoms with Crippen molar-refractivity contribution in [3.63, 3.8) is 0 Å². The van der Waals surface area contributed by atoms with Crippen molar-refractivity contribution < 1.29 is 4.74 Å². The van der Waals surface area contributed by atoms with E-state index in [4.69, 9.17) is 16.3 Å². The molecule has 2 aromatic rings. The van der Waals surface area contributed by atoms with Crippen molar-refractivity contribution in [2.24, 2.45) is 0 Å². The van der Waals surface area contributed by atoms with Gasteiger partial charge in [0, 0.05) is 25.3 Å².